The average Bonchev–Trinajstić information content (AvgIpc) is 2.40. The number of nitrogens with one attached hydrogen (secondary N) is 1. The molecule has 1 aliphatic heterocycles. The van der Waals surface area contributed by atoms with Gasteiger partial charge >= 0.3 is 0 Å². The maximum atomic E-state index is 11.8. The van der Waals surface area contributed by atoms with Crippen molar-refractivity contribution >= 4 is 11.8 Å². The molecule has 0 aromatic carbocycles. The van der Waals surface area contributed by atoms with Gasteiger partial charge in [0.05, 0.1) is 6.54 Å². The molecule has 0 bridgehead atoms. The Labute approximate surface area is 114 Å². The fraction of sp³-hybridized carbons (Fsp3) is 0.571. The van der Waals surface area contributed by atoms with E-state index in [4.69, 9.17) is 0 Å². The van der Waals surface area contributed by atoms with E-state index in [1.807, 2.05) is 30.9 Å². The summed E-state index contributed by atoms with van der Waals surface area (Å²) in [6.45, 7) is 7.76. The summed E-state index contributed by atoms with van der Waals surface area (Å²) in [6, 6.07) is 0. The zero-order chi connectivity index (χ0) is 14.1. The SMILES string of the molecule is C/C=C/C=C/C(=O)N1CCN(CC(=O)NCC)CC1. The van der Waals surface area contributed by atoms with Crippen LogP contribution in [0.4, 0.5) is 0 Å². The Morgan fingerprint density at radius 3 is 2.42 bits per heavy atom. The maximum absolute atomic E-state index is 11.8. The van der Waals surface area contributed by atoms with Crippen molar-refractivity contribution in [2.75, 3.05) is 39.3 Å². The number of likely N-dealkylation sites (N-methyl/N-ethyl adjacent to an activating group) is 1. The van der Waals surface area contributed by atoms with E-state index in [1.165, 1.54) is 0 Å². The van der Waals surface area contributed by atoms with Crippen LogP contribution in [0.3, 0.4) is 0 Å². The molecule has 1 heterocycles. The van der Waals surface area contributed by atoms with Crippen LogP contribution < -0.4 is 5.32 Å². The topological polar surface area (TPSA) is 52.7 Å². The second-order valence-electron chi connectivity index (χ2n) is 4.44. The van der Waals surface area contributed by atoms with E-state index in [-0.39, 0.29) is 11.8 Å². The standard InChI is InChI=1S/C14H23N3O2/c1-3-5-6-7-14(19)17-10-8-16(9-11-17)12-13(18)15-4-2/h3,5-7H,4,8-12H2,1-2H3,(H,15,18)/b5-3+,7-6+. The molecule has 0 atom stereocenters. The molecule has 1 aliphatic rings. The molecule has 1 N–H and O–H groups in total. The molecular weight excluding hydrogens is 242 g/mol. The minimum Gasteiger partial charge on any atom is -0.355 e. The fourth-order valence-electron chi connectivity index (χ4n) is 1.94. The van der Waals surface area contributed by atoms with Gasteiger partial charge in [-0.15, -0.1) is 0 Å². The molecule has 2 amide bonds. The summed E-state index contributed by atoms with van der Waals surface area (Å²) in [5, 5.41) is 2.78. The molecule has 0 radical (unpaired) electrons. The summed E-state index contributed by atoms with van der Waals surface area (Å²) in [5.41, 5.74) is 0. The van der Waals surface area contributed by atoms with Crippen LogP contribution in [-0.4, -0.2) is 60.9 Å². The highest BCUT2D eigenvalue weighted by atomic mass is 16.2. The number of carbonyl (C=O) groups excluding carboxylic acids is 2. The van der Waals surface area contributed by atoms with Gasteiger partial charge in [0, 0.05) is 38.8 Å². The van der Waals surface area contributed by atoms with E-state index in [0.29, 0.717) is 26.2 Å². The van der Waals surface area contributed by atoms with Crippen molar-refractivity contribution < 1.29 is 9.59 Å². The van der Waals surface area contributed by atoms with Gasteiger partial charge < -0.3 is 10.2 Å². The number of hydrogen-bond acceptors (Lipinski definition) is 3. The Balaban J connectivity index is 2.32. The van der Waals surface area contributed by atoms with Crippen molar-refractivity contribution in [3.63, 3.8) is 0 Å². The number of hydrogen-bond donors (Lipinski definition) is 1. The summed E-state index contributed by atoms with van der Waals surface area (Å²) in [4.78, 5) is 27.1. The molecule has 1 rings (SSSR count). The fourth-order valence-corrected chi connectivity index (χ4v) is 1.94. The molecule has 0 aromatic rings. The van der Waals surface area contributed by atoms with Gasteiger partial charge in [0.1, 0.15) is 0 Å². The third-order valence-corrected chi connectivity index (χ3v) is 2.97. The van der Waals surface area contributed by atoms with E-state index in [9.17, 15) is 9.59 Å². The Morgan fingerprint density at radius 1 is 1.16 bits per heavy atom. The van der Waals surface area contributed by atoms with Crippen LogP contribution in [0.5, 0.6) is 0 Å². The zero-order valence-corrected chi connectivity index (χ0v) is 11.8. The van der Waals surface area contributed by atoms with Crippen LogP contribution in [0.1, 0.15) is 13.8 Å². The highest BCUT2D eigenvalue weighted by Crippen LogP contribution is 2.02. The first-order valence-corrected chi connectivity index (χ1v) is 6.74. The summed E-state index contributed by atoms with van der Waals surface area (Å²) >= 11 is 0. The molecule has 106 valence electrons. The Morgan fingerprint density at radius 2 is 1.84 bits per heavy atom. The molecule has 0 saturated carbocycles. The van der Waals surface area contributed by atoms with Gasteiger partial charge in [0.25, 0.3) is 0 Å². The Hall–Kier alpha value is -1.62. The van der Waals surface area contributed by atoms with E-state index < -0.39 is 0 Å². The molecule has 0 unspecified atom stereocenters. The van der Waals surface area contributed by atoms with E-state index >= 15 is 0 Å². The number of rotatable bonds is 5. The maximum Gasteiger partial charge on any atom is 0.246 e. The first-order chi connectivity index (χ1) is 9.17. The lowest BCUT2D eigenvalue weighted by Gasteiger charge is -2.33. The largest absolute Gasteiger partial charge is 0.355 e. The number of piperazine rings is 1. The molecule has 5 heteroatoms. The second-order valence-corrected chi connectivity index (χ2v) is 4.44. The van der Waals surface area contributed by atoms with Crippen LogP contribution in [0.25, 0.3) is 0 Å². The van der Waals surface area contributed by atoms with Gasteiger partial charge in [-0.05, 0) is 13.8 Å². The molecule has 0 spiro atoms. The number of allylic oxidation sites excluding steroid dienone is 3. The van der Waals surface area contributed by atoms with Crippen molar-refractivity contribution in [3.8, 4) is 0 Å². The van der Waals surface area contributed by atoms with Crippen molar-refractivity contribution in [2.24, 2.45) is 0 Å². The van der Waals surface area contributed by atoms with Gasteiger partial charge in [-0.25, -0.2) is 0 Å². The van der Waals surface area contributed by atoms with E-state index in [2.05, 4.69) is 10.2 Å². The number of nitrogens with zero attached hydrogens (tertiary/aromatic N) is 2. The third kappa shape index (κ3) is 5.70. The molecule has 0 aromatic heterocycles. The van der Waals surface area contributed by atoms with Crippen molar-refractivity contribution in [1.29, 1.82) is 0 Å². The minimum atomic E-state index is 0.0377. The summed E-state index contributed by atoms with van der Waals surface area (Å²) < 4.78 is 0. The van der Waals surface area contributed by atoms with E-state index in [1.54, 1.807) is 12.2 Å². The summed E-state index contributed by atoms with van der Waals surface area (Å²) in [5.74, 6) is 0.0889. The third-order valence-electron chi connectivity index (χ3n) is 2.97. The van der Waals surface area contributed by atoms with Crippen molar-refractivity contribution in [2.45, 2.75) is 13.8 Å². The van der Waals surface area contributed by atoms with Gasteiger partial charge in [0.2, 0.25) is 11.8 Å². The lowest BCUT2D eigenvalue weighted by Crippen LogP contribution is -2.50. The first kappa shape index (κ1) is 15.4. The van der Waals surface area contributed by atoms with Gasteiger partial charge in [-0.3, -0.25) is 14.5 Å². The number of carbonyl (C=O) groups is 2. The highest BCUT2D eigenvalue weighted by Gasteiger charge is 2.20. The molecule has 5 nitrogen and oxygen atoms in total. The Bertz CT molecular complexity index is 356. The Kier molecular flexibility index (Phi) is 6.89. The van der Waals surface area contributed by atoms with Gasteiger partial charge in [0.15, 0.2) is 0 Å². The quantitative estimate of drug-likeness (QED) is 0.578. The van der Waals surface area contributed by atoms with Gasteiger partial charge in [-0.2, -0.15) is 0 Å². The summed E-state index contributed by atoms with van der Waals surface area (Å²) in [6.07, 6.45) is 7.06. The molecule has 1 saturated heterocycles. The predicted molar refractivity (Wildman–Crippen MR) is 75.7 cm³/mol. The average molecular weight is 265 g/mol. The van der Waals surface area contributed by atoms with Crippen molar-refractivity contribution in [3.05, 3.63) is 24.3 Å². The molecular formula is C14H23N3O2. The smallest absolute Gasteiger partial charge is 0.246 e. The van der Waals surface area contributed by atoms with Crippen LogP contribution in [-0.2, 0) is 9.59 Å². The lowest BCUT2D eigenvalue weighted by atomic mass is 10.3. The normalized spacial score (nSPS) is 17.3. The minimum absolute atomic E-state index is 0.0377. The van der Waals surface area contributed by atoms with Gasteiger partial charge in [-0.1, -0.05) is 18.2 Å². The lowest BCUT2D eigenvalue weighted by molar-refractivity contribution is -0.128. The van der Waals surface area contributed by atoms with Crippen LogP contribution in [0.2, 0.25) is 0 Å². The molecule has 19 heavy (non-hydrogen) atoms. The molecule has 0 aliphatic carbocycles. The number of amides is 2. The van der Waals surface area contributed by atoms with Crippen LogP contribution in [0, 0.1) is 0 Å². The van der Waals surface area contributed by atoms with Crippen LogP contribution in [0.15, 0.2) is 24.3 Å². The zero-order valence-electron chi connectivity index (χ0n) is 11.8. The van der Waals surface area contributed by atoms with E-state index in [0.717, 1.165) is 13.1 Å². The summed E-state index contributed by atoms with van der Waals surface area (Å²) in [7, 11) is 0. The van der Waals surface area contributed by atoms with Crippen molar-refractivity contribution in [1.82, 2.24) is 15.1 Å². The molecule has 1 fully saturated rings. The van der Waals surface area contributed by atoms with Crippen LogP contribution >= 0.6 is 0 Å². The second kappa shape index (κ2) is 8.48. The monoisotopic (exact) mass is 265 g/mol. The first-order valence-electron chi connectivity index (χ1n) is 6.74. The highest BCUT2D eigenvalue weighted by molar-refractivity contribution is 5.88. The predicted octanol–water partition coefficient (Wildman–Crippen LogP) is 0.399.